The molecule has 3 N–H and O–H groups in total. The zero-order chi connectivity index (χ0) is 13.9. The fourth-order valence-corrected chi connectivity index (χ4v) is 2.41. The quantitative estimate of drug-likeness (QED) is 0.558. The van der Waals surface area contributed by atoms with Crippen LogP contribution in [0.5, 0.6) is 0 Å². The van der Waals surface area contributed by atoms with Crippen LogP contribution in [0, 0.1) is 0 Å². The van der Waals surface area contributed by atoms with E-state index >= 15 is 0 Å². The predicted octanol–water partition coefficient (Wildman–Crippen LogP) is 1.72. The molecule has 1 atom stereocenters. The van der Waals surface area contributed by atoms with Crippen LogP contribution in [0.4, 0.5) is 0 Å². The second-order valence-corrected chi connectivity index (χ2v) is 4.87. The van der Waals surface area contributed by atoms with Gasteiger partial charge in [0.05, 0.1) is 23.6 Å². The molecule has 5 heteroatoms. The number of nitrogens with two attached hydrogens (primary N) is 1. The first-order valence-electron chi connectivity index (χ1n) is 6.54. The van der Waals surface area contributed by atoms with Gasteiger partial charge in [-0.15, -0.1) is 0 Å². The van der Waals surface area contributed by atoms with Crippen LogP contribution < -0.4 is 11.3 Å². The van der Waals surface area contributed by atoms with Gasteiger partial charge in [0.2, 0.25) is 0 Å². The van der Waals surface area contributed by atoms with Gasteiger partial charge in [-0.2, -0.15) is 0 Å². The number of aryl methyl sites for hydroxylation is 1. The Kier molecular flexibility index (Phi) is 3.45. The summed E-state index contributed by atoms with van der Waals surface area (Å²) in [5.41, 5.74) is 6.00. The summed E-state index contributed by atoms with van der Waals surface area (Å²) < 4.78 is 1.92. The minimum absolute atomic E-state index is 0.0120. The Morgan fingerprint density at radius 3 is 2.85 bits per heavy atom. The Hall–Kier alpha value is -2.24. The highest BCUT2D eigenvalue weighted by molar-refractivity contribution is 5.81. The summed E-state index contributed by atoms with van der Waals surface area (Å²) in [6.07, 6.45) is 6.37. The maximum absolute atomic E-state index is 5.69. The van der Waals surface area contributed by atoms with Crippen LogP contribution >= 0.6 is 0 Å². The summed E-state index contributed by atoms with van der Waals surface area (Å²) in [7, 11) is 1.95. The normalized spacial score (nSPS) is 12.7. The highest BCUT2D eigenvalue weighted by Gasteiger charge is 2.14. The molecule has 0 saturated carbocycles. The average Bonchev–Trinajstić information content (AvgIpc) is 2.91. The molecule has 3 aromatic rings. The largest absolute Gasteiger partial charge is 0.340 e. The zero-order valence-corrected chi connectivity index (χ0v) is 11.3. The van der Waals surface area contributed by atoms with Crippen molar-refractivity contribution in [1.29, 1.82) is 0 Å². The molecule has 3 rings (SSSR count). The Labute approximate surface area is 117 Å². The third-order valence-electron chi connectivity index (χ3n) is 3.45. The number of aromatic nitrogens is 3. The van der Waals surface area contributed by atoms with Crippen molar-refractivity contribution in [3.63, 3.8) is 0 Å². The Balaban J connectivity index is 1.95. The van der Waals surface area contributed by atoms with E-state index in [2.05, 4.69) is 21.5 Å². The van der Waals surface area contributed by atoms with E-state index in [-0.39, 0.29) is 6.04 Å². The van der Waals surface area contributed by atoms with Crippen molar-refractivity contribution in [3.8, 4) is 0 Å². The molecule has 1 aromatic carbocycles. The number of hydrazine groups is 1. The van der Waals surface area contributed by atoms with Gasteiger partial charge in [0.25, 0.3) is 0 Å². The molecule has 0 bridgehead atoms. The van der Waals surface area contributed by atoms with Crippen LogP contribution in [0.2, 0.25) is 0 Å². The molecule has 2 aromatic heterocycles. The van der Waals surface area contributed by atoms with Gasteiger partial charge in [0, 0.05) is 24.8 Å². The molecule has 0 spiro atoms. The van der Waals surface area contributed by atoms with Gasteiger partial charge in [0.15, 0.2) is 0 Å². The van der Waals surface area contributed by atoms with E-state index < -0.39 is 0 Å². The molecule has 0 saturated heterocycles. The number of fused-ring (bicyclic) bond motifs is 1. The fourth-order valence-electron chi connectivity index (χ4n) is 2.41. The molecule has 20 heavy (non-hydrogen) atoms. The van der Waals surface area contributed by atoms with E-state index in [0.717, 1.165) is 23.0 Å². The molecule has 102 valence electrons. The van der Waals surface area contributed by atoms with Crippen LogP contribution in [-0.2, 0) is 13.5 Å². The number of para-hydroxylation sites is 1. The van der Waals surface area contributed by atoms with Crippen LogP contribution in [0.1, 0.15) is 17.3 Å². The molecule has 0 aliphatic rings. The van der Waals surface area contributed by atoms with Crippen LogP contribution in [-0.4, -0.2) is 14.5 Å². The standard InChI is InChI=1S/C15H17N5/c1-20-9-15(18-10-20)14(19-16)8-11-6-7-17-13-5-3-2-4-12(11)13/h2-7,9-10,14,19H,8,16H2,1H3. The van der Waals surface area contributed by atoms with Crippen molar-refractivity contribution in [2.45, 2.75) is 12.5 Å². The molecular weight excluding hydrogens is 250 g/mol. The molecule has 0 amide bonds. The topological polar surface area (TPSA) is 68.8 Å². The van der Waals surface area contributed by atoms with E-state index in [1.807, 2.05) is 48.3 Å². The Bertz CT molecular complexity index is 714. The van der Waals surface area contributed by atoms with Crippen molar-refractivity contribution in [1.82, 2.24) is 20.0 Å². The number of nitrogens with zero attached hydrogens (tertiary/aromatic N) is 3. The third-order valence-corrected chi connectivity index (χ3v) is 3.45. The van der Waals surface area contributed by atoms with Crippen LogP contribution in [0.15, 0.2) is 49.1 Å². The van der Waals surface area contributed by atoms with Gasteiger partial charge in [-0.1, -0.05) is 18.2 Å². The lowest BCUT2D eigenvalue weighted by Gasteiger charge is -2.14. The lowest BCUT2D eigenvalue weighted by atomic mass is 10.0. The first kappa shape index (κ1) is 12.8. The van der Waals surface area contributed by atoms with E-state index in [0.29, 0.717) is 0 Å². The summed E-state index contributed by atoms with van der Waals surface area (Å²) in [5, 5.41) is 1.16. The summed E-state index contributed by atoms with van der Waals surface area (Å²) in [4.78, 5) is 8.75. The summed E-state index contributed by atoms with van der Waals surface area (Å²) in [5.74, 6) is 5.69. The average molecular weight is 267 g/mol. The van der Waals surface area contributed by atoms with Gasteiger partial charge in [0.1, 0.15) is 0 Å². The highest BCUT2D eigenvalue weighted by Crippen LogP contribution is 2.22. The smallest absolute Gasteiger partial charge is 0.0947 e. The zero-order valence-electron chi connectivity index (χ0n) is 11.3. The van der Waals surface area contributed by atoms with Gasteiger partial charge >= 0.3 is 0 Å². The van der Waals surface area contributed by atoms with E-state index in [4.69, 9.17) is 5.84 Å². The van der Waals surface area contributed by atoms with Crippen molar-refractivity contribution in [2.75, 3.05) is 0 Å². The fraction of sp³-hybridized carbons (Fsp3) is 0.200. The monoisotopic (exact) mass is 267 g/mol. The number of benzene rings is 1. The summed E-state index contributed by atoms with van der Waals surface area (Å²) >= 11 is 0. The Morgan fingerprint density at radius 2 is 2.10 bits per heavy atom. The second kappa shape index (κ2) is 5.40. The van der Waals surface area contributed by atoms with Crippen molar-refractivity contribution >= 4 is 10.9 Å². The molecule has 0 radical (unpaired) electrons. The maximum atomic E-state index is 5.69. The molecule has 2 heterocycles. The minimum Gasteiger partial charge on any atom is -0.340 e. The van der Waals surface area contributed by atoms with E-state index in [1.165, 1.54) is 5.56 Å². The first-order valence-corrected chi connectivity index (χ1v) is 6.54. The number of hydrogen-bond acceptors (Lipinski definition) is 4. The number of pyridine rings is 1. The maximum Gasteiger partial charge on any atom is 0.0947 e. The lowest BCUT2D eigenvalue weighted by molar-refractivity contribution is 0.541. The highest BCUT2D eigenvalue weighted by atomic mass is 15.2. The van der Waals surface area contributed by atoms with Crippen molar-refractivity contribution in [2.24, 2.45) is 12.9 Å². The predicted molar refractivity (Wildman–Crippen MR) is 78.7 cm³/mol. The molecular formula is C15H17N5. The number of nitrogens with one attached hydrogen (secondary N) is 1. The first-order chi connectivity index (χ1) is 9.78. The van der Waals surface area contributed by atoms with E-state index in [1.54, 1.807) is 6.33 Å². The van der Waals surface area contributed by atoms with Gasteiger partial charge in [-0.05, 0) is 24.1 Å². The summed E-state index contributed by atoms with van der Waals surface area (Å²) in [6.45, 7) is 0. The minimum atomic E-state index is -0.0120. The Morgan fingerprint density at radius 1 is 1.25 bits per heavy atom. The van der Waals surface area contributed by atoms with Gasteiger partial charge in [-0.25, -0.2) is 4.98 Å². The molecule has 0 aliphatic heterocycles. The van der Waals surface area contributed by atoms with Crippen LogP contribution in [0.3, 0.4) is 0 Å². The van der Waals surface area contributed by atoms with Gasteiger partial charge in [-0.3, -0.25) is 16.3 Å². The van der Waals surface area contributed by atoms with Crippen LogP contribution in [0.25, 0.3) is 10.9 Å². The lowest BCUT2D eigenvalue weighted by Crippen LogP contribution is -2.30. The number of imidazole rings is 1. The van der Waals surface area contributed by atoms with Crippen molar-refractivity contribution < 1.29 is 0 Å². The summed E-state index contributed by atoms with van der Waals surface area (Å²) in [6, 6.07) is 10.2. The van der Waals surface area contributed by atoms with E-state index in [9.17, 15) is 0 Å². The number of rotatable bonds is 4. The second-order valence-electron chi connectivity index (χ2n) is 4.87. The van der Waals surface area contributed by atoms with Crippen molar-refractivity contribution in [3.05, 3.63) is 60.3 Å². The molecule has 5 nitrogen and oxygen atoms in total. The molecule has 0 fully saturated rings. The molecule has 0 aliphatic carbocycles. The van der Waals surface area contributed by atoms with Gasteiger partial charge < -0.3 is 4.57 Å². The SMILES string of the molecule is Cn1cnc(C(Cc2ccnc3ccccc23)NN)c1. The number of hydrogen-bond donors (Lipinski definition) is 2. The third kappa shape index (κ3) is 2.41. The molecule has 1 unspecified atom stereocenters.